The molecule has 0 N–H and O–H groups in total. The van der Waals surface area contributed by atoms with Crippen molar-refractivity contribution in [2.45, 2.75) is 19.8 Å². The first kappa shape index (κ1) is 5.67. The molecule has 1 rings (SSSR count). The number of rotatable bonds is 1. The Hall–Kier alpha value is -0.460. The minimum absolute atomic E-state index is 1.14. The first-order chi connectivity index (χ1) is 3.84. The Labute approximate surface area is 51.0 Å². The van der Waals surface area contributed by atoms with Gasteiger partial charge in [0.05, 0.1) is 0 Å². The van der Waals surface area contributed by atoms with Crippen LogP contribution in [0.15, 0.2) is 12.3 Å². The van der Waals surface area contributed by atoms with E-state index in [0.29, 0.717) is 0 Å². The van der Waals surface area contributed by atoms with Crippen LogP contribution in [-0.4, -0.2) is 18.0 Å². The summed E-state index contributed by atoms with van der Waals surface area (Å²) in [6.45, 7) is 8.48. The lowest BCUT2D eigenvalue weighted by molar-refractivity contribution is 0.417. The summed E-state index contributed by atoms with van der Waals surface area (Å²) >= 11 is 0. The van der Waals surface area contributed by atoms with Crippen LogP contribution in [0.4, 0.5) is 0 Å². The van der Waals surface area contributed by atoms with Crippen molar-refractivity contribution in [1.82, 2.24) is 4.90 Å². The predicted molar refractivity (Wildman–Crippen MR) is 35.6 cm³/mol. The second-order valence-corrected chi connectivity index (χ2v) is 2.25. The third kappa shape index (κ3) is 0.857. The van der Waals surface area contributed by atoms with Crippen molar-refractivity contribution in [1.29, 1.82) is 0 Å². The molecular weight excluding hydrogens is 98.1 g/mol. The van der Waals surface area contributed by atoms with Gasteiger partial charge in [-0.15, -0.1) is 0 Å². The van der Waals surface area contributed by atoms with Crippen LogP contribution in [0.2, 0.25) is 0 Å². The summed E-state index contributed by atoms with van der Waals surface area (Å²) in [6.07, 6.45) is 2.53. The third-order valence-corrected chi connectivity index (χ3v) is 1.72. The molecule has 0 aromatic carbocycles. The highest BCUT2D eigenvalue weighted by molar-refractivity contribution is 4.98. The number of allylic oxidation sites excluding steroid dienone is 1. The van der Waals surface area contributed by atoms with Crippen LogP contribution in [0.5, 0.6) is 0 Å². The van der Waals surface area contributed by atoms with Gasteiger partial charge in [-0.25, -0.2) is 0 Å². The maximum atomic E-state index is 3.93. The van der Waals surface area contributed by atoms with E-state index in [2.05, 4.69) is 18.4 Å². The quantitative estimate of drug-likeness (QED) is 0.497. The molecule has 0 aliphatic carbocycles. The zero-order chi connectivity index (χ0) is 5.98. The molecule has 1 heteroatoms. The van der Waals surface area contributed by atoms with E-state index in [1.54, 1.807) is 0 Å². The number of hydrogen-bond acceptors (Lipinski definition) is 1. The van der Waals surface area contributed by atoms with Crippen molar-refractivity contribution < 1.29 is 0 Å². The van der Waals surface area contributed by atoms with Gasteiger partial charge in [0.1, 0.15) is 0 Å². The van der Waals surface area contributed by atoms with Crippen LogP contribution in [0.1, 0.15) is 19.8 Å². The SMILES string of the molecule is C=C1CCCN1CC. The van der Waals surface area contributed by atoms with Crippen LogP contribution in [0, 0.1) is 0 Å². The fourth-order valence-electron chi connectivity index (χ4n) is 1.17. The van der Waals surface area contributed by atoms with Gasteiger partial charge in [0, 0.05) is 18.8 Å². The molecule has 1 nitrogen and oxygen atoms in total. The summed E-state index contributed by atoms with van der Waals surface area (Å²) < 4.78 is 0. The molecule has 8 heavy (non-hydrogen) atoms. The van der Waals surface area contributed by atoms with Crippen molar-refractivity contribution in [2.24, 2.45) is 0 Å². The lowest BCUT2D eigenvalue weighted by atomic mass is 10.3. The fourth-order valence-corrected chi connectivity index (χ4v) is 1.17. The van der Waals surface area contributed by atoms with Crippen LogP contribution in [0.25, 0.3) is 0 Å². The topological polar surface area (TPSA) is 3.24 Å². The third-order valence-electron chi connectivity index (χ3n) is 1.72. The Morgan fingerprint density at radius 3 is 2.75 bits per heavy atom. The Balaban J connectivity index is 2.42. The van der Waals surface area contributed by atoms with Crippen molar-refractivity contribution in [3.8, 4) is 0 Å². The molecule has 1 saturated heterocycles. The van der Waals surface area contributed by atoms with E-state index in [1.165, 1.54) is 25.1 Å². The molecule has 1 fully saturated rings. The van der Waals surface area contributed by atoms with E-state index >= 15 is 0 Å². The van der Waals surface area contributed by atoms with Gasteiger partial charge < -0.3 is 4.90 Å². The average Bonchev–Trinajstić information content (AvgIpc) is 2.14. The van der Waals surface area contributed by atoms with Crippen LogP contribution in [0.3, 0.4) is 0 Å². The molecule has 0 aromatic heterocycles. The Kier molecular flexibility index (Phi) is 1.56. The monoisotopic (exact) mass is 111 g/mol. The molecule has 0 unspecified atom stereocenters. The second kappa shape index (κ2) is 2.21. The predicted octanol–water partition coefficient (Wildman–Crippen LogP) is 1.62. The molecule has 0 spiro atoms. The summed E-state index contributed by atoms with van der Waals surface area (Å²) in [5.74, 6) is 0. The standard InChI is InChI=1S/C7H13N/c1-3-8-6-4-5-7(8)2/h2-6H2,1H3. The highest BCUT2D eigenvalue weighted by Gasteiger charge is 2.10. The van der Waals surface area contributed by atoms with Gasteiger partial charge in [-0.05, 0) is 19.8 Å². The Morgan fingerprint density at radius 2 is 2.50 bits per heavy atom. The van der Waals surface area contributed by atoms with Gasteiger partial charge >= 0.3 is 0 Å². The average molecular weight is 111 g/mol. The summed E-state index contributed by atoms with van der Waals surface area (Å²) in [7, 11) is 0. The molecule has 0 atom stereocenters. The summed E-state index contributed by atoms with van der Waals surface area (Å²) in [5.41, 5.74) is 1.33. The van der Waals surface area contributed by atoms with Crippen LogP contribution >= 0.6 is 0 Å². The van der Waals surface area contributed by atoms with Crippen molar-refractivity contribution in [2.75, 3.05) is 13.1 Å². The van der Waals surface area contributed by atoms with E-state index in [0.717, 1.165) is 6.54 Å². The first-order valence-electron chi connectivity index (χ1n) is 3.27. The minimum Gasteiger partial charge on any atom is -0.376 e. The number of hydrogen-bond donors (Lipinski definition) is 0. The first-order valence-corrected chi connectivity index (χ1v) is 3.27. The van der Waals surface area contributed by atoms with E-state index in [9.17, 15) is 0 Å². The highest BCUT2D eigenvalue weighted by atomic mass is 15.1. The lowest BCUT2D eigenvalue weighted by Gasteiger charge is -2.14. The van der Waals surface area contributed by atoms with Crippen LogP contribution in [-0.2, 0) is 0 Å². The van der Waals surface area contributed by atoms with Crippen molar-refractivity contribution >= 4 is 0 Å². The van der Waals surface area contributed by atoms with Gasteiger partial charge in [0.2, 0.25) is 0 Å². The van der Waals surface area contributed by atoms with Gasteiger partial charge in [0.15, 0.2) is 0 Å². The Bertz CT molecular complexity index is 96.6. The summed E-state index contributed by atoms with van der Waals surface area (Å²) in [5, 5.41) is 0. The molecule has 0 aromatic rings. The molecule has 0 bridgehead atoms. The van der Waals surface area contributed by atoms with Crippen molar-refractivity contribution in [3.63, 3.8) is 0 Å². The second-order valence-electron chi connectivity index (χ2n) is 2.25. The zero-order valence-corrected chi connectivity index (χ0v) is 5.48. The highest BCUT2D eigenvalue weighted by Crippen LogP contribution is 2.17. The van der Waals surface area contributed by atoms with Gasteiger partial charge in [-0.3, -0.25) is 0 Å². The summed E-state index contributed by atoms with van der Waals surface area (Å²) in [6, 6.07) is 0. The maximum absolute atomic E-state index is 3.93. The zero-order valence-electron chi connectivity index (χ0n) is 5.48. The van der Waals surface area contributed by atoms with E-state index in [4.69, 9.17) is 0 Å². The molecule has 1 aliphatic rings. The van der Waals surface area contributed by atoms with Crippen LogP contribution < -0.4 is 0 Å². The summed E-state index contributed by atoms with van der Waals surface area (Å²) in [4.78, 5) is 2.33. The normalized spacial score (nSPS) is 20.1. The molecule has 1 heterocycles. The largest absolute Gasteiger partial charge is 0.376 e. The number of nitrogens with zero attached hydrogens (tertiary/aromatic N) is 1. The smallest absolute Gasteiger partial charge is 0.0178 e. The number of likely N-dealkylation sites (tertiary alicyclic amines) is 1. The maximum Gasteiger partial charge on any atom is 0.0178 e. The molecule has 0 amide bonds. The molecule has 0 saturated carbocycles. The van der Waals surface area contributed by atoms with Gasteiger partial charge in [-0.2, -0.15) is 0 Å². The Morgan fingerprint density at radius 1 is 1.75 bits per heavy atom. The molecule has 46 valence electrons. The van der Waals surface area contributed by atoms with E-state index < -0.39 is 0 Å². The molecule has 1 aliphatic heterocycles. The van der Waals surface area contributed by atoms with E-state index in [1.807, 2.05) is 0 Å². The van der Waals surface area contributed by atoms with Crippen molar-refractivity contribution in [3.05, 3.63) is 12.3 Å². The fraction of sp³-hybridized carbons (Fsp3) is 0.714. The van der Waals surface area contributed by atoms with E-state index in [-0.39, 0.29) is 0 Å². The van der Waals surface area contributed by atoms with Gasteiger partial charge in [-0.1, -0.05) is 6.58 Å². The minimum atomic E-state index is 1.14. The molecule has 0 radical (unpaired) electrons. The molecular formula is C7H13N. The lowest BCUT2D eigenvalue weighted by Crippen LogP contribution is -2.15. The van der Waals surface area contributed by atoms with Gasteiger partial charge in [0.25, 0.3) is 0 Å².